The second-order valence-electron chi connectivity index (χ2n) is 5.89. The summed E-state index contributed by atoms with van der Waals surface area (Å²) in [7, 11) is 1.62. The van der Waals surface area contributed by atoms with Crippen molar-refractivity contribution in [1.82, 2.24) is 4.90 Å². The summed E-state index contributed by atoms with van der Waals surface area (Å²) in [6, 6.07) is 12.2. The molecule has 1 aliphatic heterocycles. The molecule has 6 heteroatoms. The summed E-state index contributed by atoms with van der Waals surface area (Å²) in [5.41, 5.74) is 1.04. The zero-order chi connectivity index (χ0) is 17.8. The Kier molecular flexibility index (Phi) is 5.58. The molecule has 1 atom stereocenters. The minimum atomic E-state index is -0.493. The summed E-state index contributed by atoms with van der Waals surface area (Å²) in [5, 5.41) is 0. The third-order valence-corrected chi connectivity index (χ3v) is 4.79. The van der Waals surface area contributed by atoms with Crippen LogP contribution >= 0.6 is 15.9 Å². The van der Waals surface area contributed by atoms with E-state index in [9.17, 15) is 9.18 Å². The van der Waals surface area contributed by atoms with Gasteiger partial charge in [0.15, 0.2) is 18.2 Å². The van der Waals surface area contributed by atoms with Gasteiger partial charge in [-0.3, -0.25) is 4.79 Å². The molecule has 4 nitrogen and oxygen atoms in total. The summed E-state index contributed by atoms with van der Waals surface area (Å²) >= 11 is 3.19. The first kappa shape index (κ1) is 17.7. The molecular formula is C19H19BrFNO3. The molecule has 0 saturated carbocycles. The highest BCUT2D eigenvalue weighted by atomic mass is 79.9. The van der Waals surface area contributed by atoms with Crippen LogP contribution in [-0.2, 0) is 4.79 Å². The van der Waals surface area contributed by atoms with Gasteiger partial charge in [0, 0.05) is 11.0 Å². The van der Waals surface area contributed by atoms with Crippen LogP contribution in [0.2, 0.25) is 0 Å². The van der Waals surface area contributed by atoms with E-state index in [1.54, 1.807) is 18.1 Å². The highest BCUT2D eigenvalue weighted by molar-refractivity contribution is 9.10. The van der Waals surface area contributed by atoms with E-state index in [1.165, 1.54) is 12.1 Å². The summed E-state index contributed by atoms with van der Waals surface area (Å²) in [4.78, 5) is 14.4. The van der Waals surface area contributed by atoms with Crippen LogP contribution in [0.1, 0.15) is 24.4 Å². The van der Waals surface area contributed by atoms with Crippen molar-refractivity contribution in [2.45, 2.75) is 18.9 Å². The van der Waals surface area contributed by atoms with Crippen molar-refractivity contribution in [3.8, 4) is 11.5 Å². The van der Waals surface area contributed by atoms with Crippen LogP contribution in [0.5, 0.6) is 11.5 Å². The maximum atomic E-state index is 13.8. The van der Waals surface area contributed by atoms with Crippen molar-refractivity contribution in [2.24, 2.45) is 0 Å². The Bertz CT molecular complexity index is 768. The molecule has 132 valence electrons. The van der Waals surface area contributed by atoms with Crippen LogP contribution in [0.15, 0.2) is 46.9 Å². The smallest absolute Gasteiger partial charge is 0.261 e. The van der Waals surface area contributed by atoms with Gasteiger partial charge < -0.3 is 14.4 Å². The first-order valence-electron chi connectivity index (χ1n) is 8.10. The Morgan fingerprint density at radius 2 is 2.16 bits per heavy atom. The molecule has 0 bridgehead atoms. The van der Waals surface area contributed by atoms with Crippen molar-refractivity contribution in [3.63, 3.8) is 0 Å². The van der Waals surface area contributed by atoms with Gasteiger partial charge in [-0.05, 0) is 48.7 Å². The van der Waals surface area contributed by atoms with Gasteiger partial charge in [-0.1, -0.05) is 28.1 Å². The molecule has 3 rings (SSSR count). The van der Waals surface area contributed by atoms with E-state index >= 15 is 0 Å². The number of carbonyl (C=O) groups is 1. The molecule has 1 aliphatic rings. The molecule has 25 heavy (non-hydrogen) atoms. The van der Waals surface area contributed by atoms with Crippen molar-refractivity contribution < 1.29 is 18.7 Å². The second kappa shape index (κ2) is 7.87. The van der Waals surface area contributed by atoms with Gasteiger partial charge in [-0.15, -0.1) is 0 Å². The minimum Gasteiger partial charge on any atom is -0.497 e. The molecule has 0 radical (unpaired) electrons. The number of methoxy groups -OCH3 is 1. The van der Waals surface area contributed by atoms with Gasteiger partial charge in [0.05, 0.1) is 13.2 Å². The molecule has 0 N–H and O–H groups in total. The van der Waals surface area contributed by atoms with Crippen molar-refractivity contribution in [2.75, 3.05) is 20.3 Å². The molecule has 0 aliphatic carbocycles. The zero-order valence-corrected chi connectivity index (χ0v) is 15.5. The summed E-state index contributed by atoms with van der Waals surface area (Å²) in [6.45, 7) is 0.492. The largest absolute Gasteiger partial charge is 0.497 e. The molecule has 1 fully saturated rings. The van der Waals surface area contributed by atoms with Gasteiger partial charge in [0.2, 0.25) is 0 Å². The van der Waals surface area contributed by atoms with E-state index in [-0.39, 0.29) is 24.3 Å². The zero-order valence-electron chi connectivity index (χ0n) is 13.9. The second-order valence-corrected chi connectivity index (χ2v) is 6.80. The number of nitrogens with zero attached hydrogens (tertiary/aromatic N) is 1. The third kappa shape index (κ3) is 4.12. The molecular weight excluding hydrogens is 389 g/mol. The van der Waals surface area contributed by atoms with Gasteiger partial charge >= 0.3 is 0 Å². The predicted octanol–water partition coefficient (Wildman–Crippen LogP) is 4.34. The molecule has 1 heterocycles. The van der Waals surface area contributed by atoms with Gasteiger partial charge in [-0.2, -0.15) is 0 Å². The highest BCUT2D eigenvalue weighted by Gasteiger charge is 2.30. The Balaban J connectivity index is 1.68. The SMILES string of the molecule is COc1cccc(C2CCCN2C(=O)COc2ccc(Br)cc2F)c1. The summed E-state index contributed by atoms with van der Waals surface area (Å²) in [6.07, 6.45) is 1.83. The number of likely N-dealkylation sites (tertiary alicyclic amines) is 1. The van der Waals surface area contributed by atoms with Crippen LogP contribution in [0.25, 0.3) is 0 Å². The molecule has 1 saturated heterocycles. The first-order valence-corrected chi connectivity index (χ1v) is 8.89. The molecule has 0 aromatic heterocycles. The third-order valence-electron chi connectivity index (χ3n) is 4.30. The lowest BCUT2D eigenvalue weighted by Gasteiger charge is -2.25. The van der Waals surface area contributed by atoms with E-state index in [0.717, 1.165) is 24.2 Å². The normalized spacial score (nSPS) is 16.8. The van der Waals surface area contributed by atoms with E-state index < -0.39 is 5.82 Å². The van der Waals surface area contributed by atoms with Crippen molar-refractivity contribution in [3.05, 3.63) is 58.3 Å². The number of rotatable bonds is 5. The fraction of sp³-hybridized carbons (Fsp3) is 0.316. The van der Waals surface area contributed by atoms with E-state index in [0.29, 0.717) is 11.0 Å². The quantitative estimate of drug-likeness (QED) is 0.739. The average Bonchev–Trinajstić information content (AvgIpc) is 3.10. The number of ether oxygens (including phenoxy) is 2. The number of benzene rings is 2. The molecule has 1 unspecified atom stereocenters. The fourth-order valence-corrected chi connectivity index (χ4v) is 3.41. The lowest BCUT2D eigenvalue weighted by molar-refractivity contribution is -0.134. The lowest BCUT2D eigenvalue weighted by atomic mass is 10.0. The standard InChI is InChI=1S/C19H19BrFNO3/c1-24-15-5-2-4-13(10-15)17-6-3-9-22(17)19(23)12-25-18-8-7-14(20)11-16(18)21/h2,4-5,7-8,10-11,17H,3,6,9,12H2,1H3. The highest BCUT2D eigenvalue weighted by Crippen LogP contribution is 2.33. The molecule has 0 spiro atoms. The van der Waals surface area contributed by atoms with Crippen LogP contribution in [0.4, 0.5) is 4.39 Å². The van der Waals surface area contributed by atoms with Gasteiger partial charge in [0.1, 0.15) is 5.75 Å². The average molecular weight is 408 g/mol. The Morgan fingerprint density at radius 1 is 1.32 bits per heavy atom. The van der Waals surface area contributed by atoms with Gasteiger partial charge in [-0.25, -0.2) is 4.39 Å². The Morgan fingerprint density at radius 3 is 2.92 bits per heavy atom. The number of hydrogen-bond acceptors (Lipinski definition) is 3. The Labute approximate surface area is 154 Å². The number of halogens is 2. The monoisotopic (exact) mass is 407 g/mol. The number of hydrogen-bond donors (Lipinski definition) is 0. The molecule has 1 amide bonds. The van der Waals surface area contributed by atoms with Gasteiger partial charge in [0.25, 0.3) is 5.91 Å². The molecule has 2 aromatic rings. The lowest BCUT2D eigenvalue weighted by Crippen LogP contribution is -2.34. The van der Waals surface area contributed by atoms with Crippen LogP contribution < -0.4 is 9.47 Å². The van der Waals surface area contributed by atoms with Crippen LogP contribution in [-0.4, -0.2) is 31.1 Å². The summed E-state index contributed by atoms with van der Waals surface area (Å²) < 4.78 is 25.1. The number of carbonyl (C=O) groups excluding carboxylic acids is 1. The van der Waals surface area contributed by atoms with E-state index in [1.807, 2.05) is 24.3 Å². The summed E-state index contributed by atoms with van der Waals surface area (Å²) in [5.74, 6) is 0.208. The molecule has 2 aromatic carbocycles. The van der Waals surface area contributed by atoms with E-state index in [2.05, 4.69) is 15.9 Å². The Hall–Kier alpha value is -2.08. The van der Waals surface area contributed by atoms with Crippen LogP contribution in [0.3, 0.4) is 0 Å². The minimum absolute atomic E-state index is 0.000893. The number of amides is 1. The predicted molar refractivity (Wildman–Crippen MR) is 96.3 cm³/mol. The topological polar surface area (TPSA) is 38.8 Å². The first-order chi connectivity index (χ1) is 12.1. The maximum absolute atomic E-state index is 13.8. The maximum Gasteiger partial charge on any atom is 0.261 e. The fourth-order valence-electron chi connectivity index (χ4n) is 3.08. The van der Waals surface area contributed by atoms with E-state index in [4.69, 9.17) is 9.47 Å². The van der Waals surface area contributed by atoms with Crippen molar-refractivity contribution >= 4 is 21.8 Å². The van der Waals surface area contributed by atoms with Crippen molar-refractivity contribution in [1.29, 1.82) is 0 Å². The van der Waals surface area contributed by atoms with Crippen LogP contribution in [0, 0.1) is 5.82 Å².